The van der Waals surface area contributed by atoms with Gasteiger partial charge in [0.15, 0.2) is 5.78 Å². The fraction of sp³-hybridized carbons (Fsp3) is 0.475. The van der Waals surface area contributed by atoms with Crippen molar-refractivity contribution in [3.8, 4) is 11.6 Å². The standard InChI is InChI=1S/C13H15NO2S.C11H24O.C8H9N2OP.C8H11NO/c1-4-5-10(15)12-11(16-3)7-6-9-13(12)17-8(2)14-9;1-6-10(3)11(4)7-9(2)8-12-5;9-4-6-1-2-7(10-5-11)3-8(6)12;1-6-4-8(10-3)9-5-7(6)2/h6-7H,4-5H2,1-3H3;9-11H,6-8H2,1-5H3;1-5,9H,12H2,(H,10,11);4-5H,1-3H3. The molecule has 4 unspecified atom stereocenters. The van der Waals surface area contributed by atoms with Crippen molar-refractivity contribution < 1.29 is 23.8 Å². The molecule has 4 aromatic rings. The van der Waals surface area contributed by atoms with Gasteiger partial charge < -0.3 is 24.9 Å². The van der Waals surface area contributed by atoms with E-state index < -0.39 is 0 Å². The number of carbonyl (C=O) groups excluding carboxylic acids is 2. The molecule has 2 N–H and O–H groups in total. The molecular formula is C40H59N4O5PS. The van der Waals surface area contributed by atoms with Crippen molar-refractivity contribution in [2.45, 2.75) is 81.1 Å². The Morgan fingerprint density at radius 3 is 2.24 bits per heavy atom. The number of rotatable bonds is 14. The first kappa shape index (κ1) is 45.3. The maximum atomic E-state index is 12.1. The van der Waals surface area contributed by atoms with Gasteiger partial charge in [0.25, 0.3) is 0 Å². The molecule has 0 radical (unpaired) electrons. The number of anilines is 1. The number of Topliss-reactive ketones (excluding diaryl/α,β-unsaturated/α-hetero) is 1. The van der Waals surface area contributed by atoms with Crippen LogP contribution in [0, 0.1) is 43.9 Å². The molecule has 0 saturated carbocycles. The summed E-state index contributed by atoms with van der Waals surface area (Å²) in [6.07, 6.45) is 7.69. The lowest BCUT2D eigenvalue weighted by Crippen LogP contribution is -2.14. The summed E-state index contributed by atoms with van der Waals surface area (Å²) in [5.74, 6) is 3.87. The predicted octanol–water partition coefficient (Wildman–Crippen LogP) is 9.40. The van der Waals surface area contributed by atoms with Crippen molar-refractivity contribution in [2.24, 2.45) is 17.8 Å². The van der Waals surface area contributed by atoms with Gasteiger partial charge in [-0.1, -0.05) is 47.1 Å². The number of carbonyl (C=O) groups is 2. The van der Waals surface area contributed by atoms with E-state index in [4.69, 9.17) is 19.6 Å². The highest BCUT2D eigenvalue weighted by Gasteiger charge is 2.18. The number of nitrogens with zero attached hydrogens (tertiary/aromatic N) is 2. The van der Waals surface area contributed by atoms with Crippen LogP contribution in [-0.4, -0.2) is 56.3 Å². The average Bonchev–Trinajstić information content (AvgIpc) is 3.50. The van der Waals surface area contributed by atoms with Gasteiger partial charge in [0.2, 0.25) is 12.3 Å². The van der Waals surface area contributed by atoms with E-state index in [-0.39, 0.29) is 5.78 Å². The van der Waals surface area contributed by atoms with E-state index in [2.05, 4.69) is 52.2 Å². The summed E-state index contributed by atoms with van der Waals surface area (Å²) in [4.78, 5) is 30.7. The molecule has 280 valence electrons. The number of hydrogen-bond acceptors (Lipinski definition) is 9. The summed E-state index contributed by atoms with van der Waals surface area (Å²) >= 11 is 1.55. The third kappa shape index (κ3) is 15.6. The highest BCUT2D eigenvalue weighted by molar-refractivity contribution is 7.27. The molecule has 0 aliphatic carbocycles. The fourth-order valence-electron chi connectivity index (χ4n) is 5.07. The molecule has 0 aliphatic rings. The number of ether oxygens (including phenoxy) is 3. The summed E-state index contributed by atoms with van der Waals surface area (Å²) in [6, 6.07) is 11.0. The van der Waals surface area contributed by atoms with Gasteiger partial charge in [0.1, 0.15) is 5.75 Å². The third-order valence-electron chi connectivity index (χ3n) is 8.47. The number of methoxy groups -OCH3 is 3. The van der Waals surface area contributed by atoms with Gasteiger partial charge in [0, 0.05) is 44.3 Å². The molecule has 51 heavy (non-hydrogen) atoms. The minimum absolute atomic E-state index is 0.138. The van der Waals surface area contributed by atoms with Crippen molar-refractivity contribution in [1.82, 2.24) is 9.97 Å². The molecule has 2 heterocycles. The van der Waals surface area contributed by atoms with Crippen LogP contribution in [0.1, 0.15) is 92.4 Å². The SMILES string of the molecule is CCC(C)C(C)CC(C)COC.CCCC(=O)c1c(OC)ccc2nc(C)sc12.COc1cc(C)c(C)cn1.N=Cc1ccc(NC=O)cc1P. The molecule has 4 atom stereocenters. The van der Waals surface area contributed by atoms with Crippen LogP contribution in [0.2, 0.25) is 0 Å². The minimum Gasteiger partial charge on any atom is -0.496 e. The zero-order chi connectivity index (χ0) is 38.5. The van der Waals surface area contributed by atoms with E-state index in [9.17, 15) is 9.59 Å². The number of hydrogen-bond donors (Lipinski definition) is 2. The van der Waals surface area contributed by atoms with Gasteiger partial charge >= 0.3 is 0 Å². The van der Waals surface area contributed by atoms with Gasteiger partial charge in [-0.25, -0.2) is 9.97 Å². The molecule has 0 aliphatic heterocycles. The van der Waals surface area contributed by atoms with Gasteiger partial charge in [-0.05, 0) is 97.6 Å². The second kappa shape index (κ2) is 24.5. The average molecular weight is 739 g/mol. The first-order valence-electron chi connectivity index (χ1n) is 17.3. The smallest absolute Gasteiger partial charge is 0.213 e. The summed E-state index contributed by atoms with van der Waals surface area (Å²) in [6.45, 7) is 18.1. The second-order valence-corrected chi connectivity index (χ2v) is 14.4. The van der Waals surface area contributed by atoms with Crippen LogP contribution in [0.4, 0.5) is 5.69 Å². The molecule has 11 heteroatoms. The van der Waals surface area contributed by atoms with Crippen LogP contribution in [0.25, 0.3) is 10.2 Å². The van der Waals surface area contributed by atoms with Crippen LogP contribution in [0.3, 0.4) is 0 Å². The lowest BCUT2D eigenvalue weighted by Gasteiger charge is -2.21. The molecule has 0 saturated heterocycles. The first-order valence-corrected chi connectivity index (χ1v) is 18.7. The normalized spacial score (nSPS) is 12.0. The van der Waals surface area contributed by atoms with Crippen LogP contribution in [0.5, 0.6) is 11.6 Å². The molecular weight excluding hydrogens is 680 g/mol. The second-order valence-electron chi connectivity index (χ2n) is 12.6. The predicted molar refractivity (Wildman–Crippen MR) is 218 cm³/mol. The Kier molecular flexibility index (Phi) is 21.7. The van der Waals surface area contributed by atoms with Crippen molar-refractivity contribution in [1.29, 1.82) is 5.41 Å². The van der Waals surface area contributed by atoms with E-state index in [0.29, 0.717) is 35.9 Å². The molecule has 9 nitrogen and oxygen atoms in total. The summed E-state index contributed by atoms with van der Waals surface area (Å²) in [5.41, 5.74) is 5.55. The van der Waals surface area contributed by atoms with Gasteiger partial charge in [-0.15, -0.1) is 20.6 Å². The number of ketones is 1. The number of amides is 1. The van der Waals surface area contributed by atoms with Crippen molar-refractivity contribution in [3.05, 3.63) is 69.9 Å². The Morgan fingerprint density at radius 2 is 1.71 bits per heavy atom. The van der Waals surface area contributed by atoms with E-state index >= 15 is 0 Å². The minimum atomic E-state index is 0.138. The summed E-state index contributed by atoms with van der Waals surface area (Å²) in [7, 11) is 7.51. The lowest BCUT2D eigenvalue weighted by molar-refractivity contribution is -0.105. The maximum Gasteiger partial charge on any atom is 0.213 e. The van der Waals surface area contributed by atoms with Crippen molar-refractivity contribution >= 4 is 60.2 Å². The molecule has 2 aromatic heterocycles. The van der Waals surface area contributed by atoms with Gasteiger partial charge in [0.05, 0.1) is 35.0 Å². The molecule has 0 spiro atoms. The fourth-order valence-corrected chi connectivity index (χ4v) is 6.40. The largest absolute Gasteiger partial charge is 0.496 e. The summed E-state index contributed by atoms with van der Waals surface area (Å²) in [5, 5.41) is 11.4. The van der Waals surface area contributed by atoms with E-state index in [0.717, 1.165) is 56.6 Å². The quantitative estimate of drug-likeness (QED) is 0.0572. The van der Waals surface area contributed by atoms with Gasteiger partial charge in [-0.2, -0.15) is 0 Å². The molecule has 0 bridgehead atoms. The monoisotopic (exact) mass is 738 g/mol. The molecule has 2 aromatic carbocycles. The van der Waals surface area contributed by atoms with Crippen LogP contribution < -0.4 is 20.1 Å². The van der Waals surface area contributed by atoms with E-state index in [1.54, 1.807) is 50.9 Å². The highest BCUT2D eigenvalue weighted by Crippen LogP contribution is 2.33. The van der Waals surface area contributed by atoms with E-state index in [1.807, 2.05) is 52.1 Å². The van der Waals surface area contributed by atoms with Crippen LogP contribution in [-0.2, 0) is 9.53 Å². The maximum absolute atomic E-state index is 12.1. The zero-order valence-electron chi connectivity index (χ0n) is 32.4. The molecule has 4 rings (SSSR count). The number of fused-ring (bicyclic) bond motifs is 1. The molecule has 1 amide bonds. The molecule has 0 fully saturated rings. The first-order chi connectivity index (χ1) is 24.3. The number of benzene rings is 2. The Balaban J connectivity index is 0.000000348. The Morgan fingerprint density at radius 1 is 1.00 bits per heavy atom. The van der Waals surface area contributed by atoms with Gasteiger partial charge in [-0.3, -0.25) is 9.59 Å². The Bertz CT molecular complexity index is 1660. The number of pyridine rings is 1. The Labute approximate surface area is 312 Å². The van der Waals surface area contributed by atoms with Crippen LogP contribution >= 0.6 is 20.6 Å². The topological polar surface area (TPSA) is 123 Å². The zero-order valence-corrected chi connectivity index (χ0v) is 34.4. The highest BCUT2D eigenvalue weighted by atomic mass is 32.1. The van der Waals surface area contributed by atoms with Crippen molar-refractivity contribution in [3.63, 3.8) is 0 Å². The third-order valence-corrected chi connectivity index (χ3v) is 9.97. The van der Waals surface area contributed by atoms with E-state index in [1.165, 1.54) is 30.2 Å². The van der Waals surface area contributed by atoms with Crippen LogP contribution in [0.15, 0.2) is 42.6 Å². The number of aryl methyl sites for hydroxylation is 3. The number of thiazole rings is 1. The number of aromatic nitrogens is 2. The lowest BCUT2D eigenvalue weighted by atomic mass is 9.86. The number of nitrogens with one attached hydrogen (secondary N) is 2. The summed E-state index contributed by atoms with van der Waals surface area (Å²) < 4.78 is 16.3. The van der Waals surface area contributed by atoms with Crippen molar-refractivity contribution in [2.75, 3.05) is 33.3 Å². The Hall–Kier alpha value is -3.72.